The number of anilines is 1. The van der Waals surface area contributed by atoms with Gasteiger partial charge in [-0.15, -0.1) is 10.2 Å². The summed E-state index contributed by atoms with van der Waals surface area (Å²) in [5.74, 6) is 2.75. The van der Waals surface area contributed by atoms with E-state index in [4.69, 9.17) is 10.2 Å². The van der Waals surface area contributed by atoms with E-state index < -0.39 is 0 Å². The summed E-state index contributed by atoms with van der Waals surface area (Å²) >= 11 is 1.57. The standard InChI is InChI=1S/C13H19N5OS/c1-13(2,3)9-6-15-10(19-9)7-20-12-17-16-11(14)18(12)8-4-5-8/h6,8H,4-5,7H2,1-3H3,(H2,14,16). The summed E-state index contributed by atoms with van der Waals surface area (Å²) in [4.78, 5) is 4.32. The maximum Gasteiger partial charge on any atom is 0.222 e. The van der Waals surface area contributed by atoms with Gasteiger partial charge in [-0.3, -0.25) is 4.57 Å². The summed E-state index contributed by atoms with van der Waals surface area (Å²) in [7, 11) is 0. The monoisotopic (exact) mass is 293 g/mol. The summed E-state index contributed by atoms with van der Waals surface area (Å²) < 4.78 is 7.78. The van der Waals surface area contributed by atoms with Crippen LogP contribution in [0.25, 0.3) is 0 Å². The predicted molar refractivity (Wildman–Crippen MR) is 77.5 cm³/mol. The Labute approximate surface area is 122 Å². The van der Waals surface area contributed by atoms with E-state index in [0.717, 1.165) is 23.8 Å². The van der Waals surface area contributed by atoms with E-state index in [2.05, 4.69) is 36.0 Å². The van der Waals surface area contributed by atoms with Crippen LogP contribution in [0.4, 0.5) is 5.95 Å². The van der Waals surface area contributed by atoms with Crippen molar-refractivity contribution in [2.45, 2.75) is 56.0 Å². The highest BCUT2D eigenvalue weighted by Gasteiger charge is 2.29. The molecule has 2 aromatic rings. The summed E-state index contributed by atoms with van der Waals surface area (Å²) in [5.41, 5.74) is 5.83. The second-order valence-corrected chi connectivity index (χ2v) is 7.04. The summed E-state index contributed by atoms with van der Waals surface area (Å²) in [6, 6.07) is 0.474. The molecule has 1 fully saturated rings. The van der Waals surface area contributed by atoms with Crippen LogP contribution in [0, 0.1) is 0 Å². The number of aromatic nitrogens is 4. The normalized spacial score (nSPS) is 15.8. The summed E-state index contributed by atoms with van der Waals surface area (Å²) in [6.45, 7) is 6.32. The van der Waals surface area contributed by atoms with Gasteiger partial charge < -0.3 is 10.2 Å². The van der Waals surface area contributed by atoms with Crippen LogP contribution in [-0.4, -0.2) is 19.7 Å². The minimum Gasteiger partial charge on any atom is -0.444 e. The topological polar surface area (TPSA) is 82.8 Å². The van der Waals surface area contributed by atoms with Gasteiger partial charge in [0.25, 0.3) is 0 Å². The zero-order valence-corrected chi connectivity index (χ0v) is 12.8. The predicted octanol–water partition coefficient (Wildman–Crippen LogP) is 2.77. The Kier molecular flexibility index (Phi) is 3.24. The molecule has 2 aromatic heterocycles. The van der Waals surface area contributed by atoms with Crippen molar-refractivity contribution in [3.63, 3.8) is 0 Å². The van der Waals surface area contributed by atoms with Crippen LogP contribution in [0.1, 0.15) is 51.3 Å². The molecule has 0 saturated heterocycles. The van der Waals surface area contributed by atoms with Gasteiger partial charge in [0.1, 0.15) is 5.76 Å². The molecule has 20 heavy (non-hydrogen) atoms. The van der Waals surface area contributed by atoms with Gasteiger partial charge in [0.05, 0.1) is 11.9 Å². The van der Waals surface area contributed by atoms with Gasteiger partial charge in [-0.1, -0.05) is 32.5 Å². The smallest absolute Gasteiger partial charge is 0.222 e. The number of hydrogen-bond acceptors (Lipinski definition) is 6. The number of thioether (sulfide) groups is 1. The second kappa shape index (κ2) is 4.80. The molecule has 0 amide bonds. The third-order valence-corrected chi connectivity index (χ3v) is 4.15. The highest BCUT2D eigenvalue weighted by atomic mass is 32.2. The van der Waals surface area contributed by atoms with Crippen molar-refractivity contribution in [1.82, 2.24) is 19.7 Å². The lowest BCUT2D eigenvalue weighted by Crippen LogP contribution is -2.09. The van der Waals surface area contributed by atoms with Crippen LogP contribution >= 0.6 is 11.8 Å². The molecule has 0 aliphatic heterocycles. The van der Waals surface area contributed by atoms with Crippen LogP contribution in [0.15, 0.2) is 15.8 Å². The van der Waals surface area contributed by atoms with Crippen molar-refractivity contribution >= 4 is 17.7 Å². The van der Waals surface area contributed by atoms with Gasteiger partial charge in [0, 0.05) is 11.5 Å². The van der Waals surface area contributed by atoms with Gasteiger partial charge in [0.15, 0.2) is 5.16 Å². The van der Waals surface area contributed by atoms with Gasteiger partial charge in [-0.05, 0) is 12.8 Å². The lowest BCUT2D eigenvalue weighted by atomic mass is 9.94. The van der Waals surface area contributed by atoms with Gasteiger partial charge in [0.2, 0.25) is 11.8 Å². The van der Waals surface area contributed by atoms with Gasteiger partial charge in [-0.25, -0.2) is 4.98 Å². The third kappa shape index (κ3) is 2.67. The molecule has 0 unspecified atom stereocenters. The van der Waals surface area contributed by atoms with Crippen LogP contribution < -0.4 is 5.73 Å². The van der Waals surface area contributed by atoms with E-state index in [0.29, 0.717) is 23.6 Å². The molecule has 0 spiro atoms. The van der Waals surface area contributed by atoms with E-state index in [9.17, 15) is 0 Å². The highest BCUT2D eigenvalue weighted by Crippen LogP contribution is 2.39. The molecule has 7 heteroatoms. The average molecular weight is 293 g/mol. The first-order valence-corrected chi connectivity index (χ1v) is 7.72. The maximum atomic E-state index is 5.85. The van der Waals surface area contributed by atoms with Gasteiger partial charge >= 0.3 is 0 Å². The Bertz CT molecular complexity index is 609. The largest absolute Gasteiger partial charge is 0.444 e. The minimum absolute atomic E-state index is 0.0195. The van der Waals surface area contributed by atoms with Crippen molar-refractivity contribution in [3.8, 4) is 0 Å². The van der Waals surface area contributed by atoms with E-state index in [1.807, 2.05) is 4.57 Å². The molecule has 3 rings (SSSR count). The van der Waals surface area contributed by atoms with Crippen molar-refractivity contribution < 1.29 is 4.42 Å². The first-order chi connectivity index (χ1) is 9.45. The fraction of sp³-hybridized carbons (Fsp3) is 0.615. The second-order valence-electron chi connectivity index (χ2n) is 6.10. The SMILES string of the molecule is CC(C)(C)c1cnc(CSc2nnc(N)n2C2CC2)o1. The molecule has 1 aliphatic carbocycles. The molecule has 2 heterocycles. The molecular formula is C13H19N5OS. The van der Waals surface area contributed by atoms with Crippen LogP contribution in [0.2, 0.25) is 0 Å². The Balaban J connectivity index is 1.69. The van der Waals surface area contributed by atoms with Crippen LogP contribution in [-0.2, 0) is 11.2 Å². The molecule has 0 atom stereocenters. The van der Waals surface area contributed by atoms with Crippen molar-refractivity contribution in [2.24, 2.45) is 0 Å². The van der Waals surface area contributed by atoms with E-state index >= 15 is 0 Å². The molecule has 0 bridgehead atoms. The molecule has 1 aliphatic rings. The number of nitrogens with two attached hydrogens (primary N) is 1. The number of hydrogen-bond donors (Lipinski definition) is 1. The highest BCUT2D eigenvalue weighted by molar-refractivity contribution is 7.98. The Morgan fingerprint density at radius 2 is 2.15 bits per heavy atom. The van der Waals surface area contributed by atoms with E-state index in [-0.39, 0.29) is 5.41 Å². The van der Waals surface area contributed by atoms with Gasteiger partial charge in [-0.2, -0.15) is 0 Å². The van der Waals surface area contributed by atoms with Crippen molar-refractivity contribution in [3.05, 3.63) is 17.8 Å². The number of rotatable bonds is 4. The van der Waals surface area contributed by atoms with E-state index in [1.54, 1.807) is 18.0 Å². The fourth-order valence-electron chi connectivity index (χ4n) is 1.91. The third-order valence-electron chi connectivity index (χ3n) is 3.22. The first kappa shape index (κ1) is 13.5. The average Bonchev–Trinajstić information content (AvgIpc) is 2.95. The quantitative estimate of drug-likeness (QED) is 0.873. The lowest BCUT2D eigenvalue weighted by Gasteiger charge is -2.13. The van der Waals surface area contributed by atoms with Crippen molar-refractivity contribution in [2.75, 3.05) is 5.73 Å². The van der Waals surface area contributed by atoms with E-state index in [1.165, 1.54) is 0 Å². The van der Waals surface area contributed by atoms with Crippen LogP contribution in [0.5, 0.6) is 0 Å². The molecule has 108 valence electrons. The molecule has 0 radical (unpaired) electrons. The lowest BCUT2D eigenvalue weighted by molar-refractivity contribution is 0.390. The number of nitrogens with zero attached hydrogens (tertiary/aromatic N) is 4. The minimum atomic E-state index is -0.0195. The molecule has 6 nitrogen and oxygen atoms in total. The molecule has 1 saturated carbocycles. The Morgan fingerprint density at radius 1 is 1.40 bits per heavy atom. The fourth-order valence-corrected chi connectivity index (χ4v) is 2.78. The zero-order chi connectivity index (χ0) is 14.3. The first-order valence-electron chi connectivity index (χ1n) is 6.73. The molecule has 0 aromatic carbocycles. The summed E-state index contributed by atoms with van der Waals surface area (Å²) in [5, 5.41) is 8.93. The Hall–Kier alpha value is -1.50. The Morgan fingerprint density at radius 3 is 2.75 bits per heavy atom. The zero-order valence-electron chi connectivity index (χ0n) is 12.0. The summed E-state index contributed by atoms with van der Waals surface area (Å²) in [6.07, 6.45) is 4.11. The van der Waals surface area contributed by atoms with Crippen LogP contribution in [0.3, 0.4) is 0 Å². The number of nitrogen functional groups attached to an aromatic ring is 1. The van der Waals surface area contributed by atoms with Crippen molar-refractivity contribution in [1.29, 1.82) is 0 Å². The molecular weight excluding hydrogens is 274 g/mol. The number of oxazole rings is 1. The molecule has 2 N–H and O–H groups in total. The maximum absolute atomic E-state index is 5.85.